The normalized spacial score (nSPS) is 17.1. The molecule has 0 radical (unpaired) electrons. The number of hydrogen-bond donors (Lipinski definition) is 1. The second-order valence-electron chi connectivity index (χ2n) is 7.42. The number of aromatic nitrogens is 1. The zero-order valence-corrected chi connectivity index (χ0v) is 17.1. The summed E-state index contributed by atoms with van der Waals surface area (Å²) >= 11 is 0. The second kappa shape index (κ2) is 7.71. The van der Waals surface area contributed by atoms with Gasteiger partial charge in [-0.25, -0.2) is 8.42 Å². The third-order valence-corrected chi connectivity index (χ3v) is 7.01. The van der Waals surface area contributed by atoms with Gasteiger partial charge in [0.1, 0.15) is 13.2 Å². The number of oxazole rings is 1. The van der Waals surface area contributed by atoms with Gasteiger partial charge in [0.2, 0.25) is 20.7 Å². The summed E-state index contributed by atoms with van der Waals surface area (Å²) < 4.78 is 49.2. The van der Waals surface area contributed by atoms with Gasteiger partial charge in [0.25, 0.3) is 5.89 Å². The summed E-state index contributed by atoms with van der Waals surface area (Å²) in [6.45, 7) is 0.807. The number of nitrogens with one attached hydrogen (secondary N) is 1. The van der Waals surface area contributed by atoms with E-state index in [1.807, 2.05) is 0 Å². The first-order valence-electron chi connectivity index (χ1n) is 10.1. The molecule has 8 nitrogen and oxygen atoms in total. The van der Waals surface area contributed by atoms with Crippen molar-refractivity contribution in [2.75, 3.05) is 18.5 Å². The number of nitrogens with zero attached hydrogens (tertiary/aromatic N) is 1. The van der Waals surface area contributed by atoms with E-state index in [1.165, 1.54) is 24.8 Å². The van der Waals surface area contributed by atoms with Crippen LogP contribution in [0, 0.1) is 0 Å². The highest BCUT2D eigenvalue weighted by Gasteiger charge is 2.31. The van der Waals surface area contributed by atoms with Crippen LogP contribution in [0.2, 0.25) is 0 Å². The summed E-state index contributed by atoms with van der Waals surface area (Å²) in [5.74, 6) is 1.55. The van der Waals surface area contributed by atoms with Gasteiger partial charge in [0, 0.05) is 12.1 Å². The third-order valence-electron chi connectivity index (χ3n) is 5.35. The zero-order valence-electron chi connectivity index (χ0n) is 16.3. The third kappa shape index (κ3) is 3.54. The van der Waals surface area contributed by atoms with E-state index in [0.717, 1.165) is 25.7 Å². The van der Waals surface area contributed by atoms with Crippen molar-refractivity contribution in [3.63, 3.8) is 0 Å². The van der Waals surface area contributed by atoms with Crippen LogP contribution in [-0.4, -0.2) is 32.7 Å². The lowest BCUT2D eigenvalue weighted by atomic mass is 9.96. The fourth-order valence-corrected chi connectivity index (χ4v) is 5.10. The summed E-state index contributed by atoms with van der Waals surface area (Å²) in [6, 6.07) is 8.08. The Balaban J connectivity index is 1.55. The summed E-state index contributed by atoms with van der Waals surface area (Å²) in [4.78, 5) is 4.36. The quantitative estimate of drug-likeness (QED) is 0.640. The van der Waals surface area contributed by atoms with Crippen molar-refractivity contribution in [2.45, 2.75) is 48.1 Å². The van der Waals surface area contributed by atoms with Gasteiger partial charge in [-0.15, -0.1) is 0 Å². The molecular weight excluding hydrogens is 408 g/mol. The molecule has 2 aromatic heterocycles. The molecule has 30 heavy (non-hydrogen) atoms. The molecule has 1 saturated carbocycles. The van der Waals surface area contributed by atoms with E-state index in [2.05, 4.69) is 10.3 Å². The van der Waals surface area contributed by atoms with Crippen LogP contribution in [0.5, 0.6) is 11.5 Å². The molecule has 0 unspecified atom stereocenters. The summed E-state index contributed by atoms with van der Waals surface area (Å²) in [5, 5.41) is 3.11. The van der Waals surface area contributed by atoms with Crippen molar-refractivity contribution < 1.29 is 26.7 Å². The molecule has 9 heteroatoms. The molecule has 3 aromatic rings. The molecule has 0 amide bonds. The molecular formula is C21H22N2O6S. The van der Waals surface area contributed by atoms with E-state index in [0.29, 0.717) is 30.5 Å². The molecule has 1 aromatic carbocycles. The van der Waals surface area contributed by atoms with Crippen LogP contribution < -0.4 is 14.8 Å². The number of furan rings is 1. The molecule has 1 fully saturated rings. The number of rotatable bonds is 5. The van der Waals surface area contributed by atoms with Crippen molar-refractivity contribution in [1.29, 1.82) is 0 Å². The first kappa shape index (κ1) is 19.0. The minimum Gasteiger partial charge on any atom is -0.486 e. The number of hydrogen-bond acceptors (Lipinski definition) is 8. The highest BCUT2D eigenvalue weighted by molar-refractivity contribution is 7.91. The standard InChI is InChI=1S/C21H22N2O6S/c24-30(25,15-8-9-16-18(13-15)28-12-11-27-16)21-20(22-14-5-2-1-3-6-14)29-19(23-21)17-7-4-10-26-17/h4,7-10,13-14,22H,1-3,5-6,11-12H2. The topological polar surface area (TPSA) is 104 Å². The lowest BCUT2D eigenvalue weighted by Gasteiger charge is -2.22. The Bertz CT molecular complexity index is 1130. The Labute approximate surface area is 174 Å². The molecule has 5 rings (SSSR count). The molecule has 2 aliphatic rings. The van der Waals surface area contributed by atoms with Crippen LogP contribution in [0.3, 0.4) is 0 Å². The maximum Gasteiger partial charge on any atom is 0.266 e. The van der Waals surface area contributed by atoms with Crippen LogP contribution in [0.4, 0.5) is 5.88 Å². The number of anilines is 1. The Morgan fingerprint density at radius 1 is 1.00 bits per heavy atom. The van der Waals surface area contributed by atoms with Crippen LogP contribution in [-0.2, 0) is 9.84 Å². The smallest absolute Gasteiger partial charge is 0.266 e. The number of sulfone groups is 1. The van der Waals surface area contributed by atoms with Crippen molar-refractivity contribution in [3.05, 3.63) is 36.6 Å². The van der Waals surface area contributed by atoms with Crippen LogP contribution >= 0.6 is 0 Å². The van der Waals surface area contributed by atoms with Gasteiger partial charge in [0.05, 0.1) is 11.2 Å². The van der Waals surface area contributed by atoms with Crippen LogP contribution in [0.15, 0.2) is 55.4 Å². The van der Waals surface area contributed by atoms with E-state index < -0.39 is 9.84 Å². The van der Waals surface area contributed by atoms with Crippen molar-refractivity contribution in [1.82, 2.24) is 4.98 Å². The maximum atomic E-state index is 13.5. The lowest BCUT2D eigenvalue weighted by Crippen LogP contribution is -2.23. The molecule has 0 atom stereocenters. The van der Waals surface area contributed by atoms with E-state index in [1.54, 1.807) is 18.2 Å². The second-order valence-corrected chi connectivity index (χ2v) is 9.28. The fraction of sp³-hybridized carbons (Fsp3) is 0.381. The molecule has 158 valence electrons. The monoisotopic (exact) mass is 430 g/mol. The predicted molar refractivity (Wildman–Crippen MR) is 108 cm³/mol. The van der Waals surface area contributed by atoms with E-state index in [9.17, 15) is 8.42 Å². The summed E-state index contributed by atoms with van der Waals surface area (Å²) in [5.41, 5.74) is 0. The largest absolute Gasteiger partial charge is 0.486 e. The molecule has 0 bridgehead atoms. The average Bonchev–Trinajstić information content (AvgIpc) is 3.44. The van der Waals surface area contributed by atoms with E-state index in [4.69, 9.17) is 18.3 Å². The van der Waals surface area contributed by atoms with Gasteiger partial charge < -0.3 is 23.6 Å². The van der Waals surface area contributed by atoms with Crippen molar-refractivity contribution in [2.24, 2.45) is 0 Å². The molecule has 1 N–H and O–H groups in total. The zero-order chi connectivity index (χ0) is 20.6. The van der Waals surface area contributed by atoms with E-state index >= 15 is 0 Å². The van der Waals surface area contributed by atoms with Gasteiger partial charge in [-0.2, -0.15) is 4.98 Å². The fourth-order valence-electron chi connectivity index (χ4n) is 3.82. The SMILES string of the molecule is O=S(=O)(c1ccc2c(c1)OCCO2)c1nc(-c2ccco2)oc1NC1CCCCC1. The average molecular weight is 430 g/mol. The lowest BCUT2D eigenvalue weighted by molar-refractivity contribution is 0.171. The first-order chi connectivity index (χ1) is 14.6. The van der Waals surface area contributed by atoms with Crippen molar-refractivity contribution >= 4 is 15.7 Å². The number of ether oxygens (including phenoxy) is 2. The van der Waals surface area contributed by atoms with E-state index in [-0.39, 0.29) is 27.7 Å². The van der Waals surface area contributed by atoms with Gasteiger partial charge in [-0.05, 0) is 37.1 Å². The maximum absolute atomic E-state index is 13.5. The minimum absolute atomic E-state index is 0.0674. The van der Waals surface area contributed by atoms with Crippen LogP contribution in [0.1, 0.15) is 32.1 Å². The van der Waals surface area contributed by atoms with Gasteiger partial charge in [-0.1, -0.05) is 19.3 Å². The minimum atomic E-state index is -3.97. The Morgan fingerprint density at radius 3 is 2.57 bits per heavy atom. The highest BCUT2D eigenvalue weighted by atomic mass is 32.2. The number of benzene rings is 1. The Hall–Kier alpha value is -2.94. The number of fused-ring (bicyclic) bond motifs is 1. The summed E-state index contributed by atoms with van der Waals surface area (Å²) in [6.07, 6.45) is 6.79. The highest BCUT2D eigenvalue weighted by Crippen LogP contribution is 2.38. The molecule has 1 aliphatic carbocycles. The van der Waals surface area contributed by atoms with Crippen molar-refractivity contribution in [3.8, 4) is 23.1 Å². The van der Waals surface area contributed by atoms with Crippen LogP contribution in [0.25, 0.3) is 11.7 Å². The molecule has 0 spiro atoms. The van der Waals surface area contributed by atoms with Gasteiger partial charge in [0.15, 0.2) is 17.3 Å². The molecule has 0 saturated heterocycles. The molecule has 3 heterocycles. The van der Waals surface area contributed by atoms with Gasteiger partial charge >= 0.3 is 0 Å². The van der Waals surface area contributed by atoms with Gasteiger partial charge in [-0.3, -0.25) is 0 Å². The summed E-state index contributed by atoms with van der Waals surface area (Å²) in [7, 11) is -3.97. The first-order valence-corrected chi connectivity index (χ1v) is 11.6. The Morgan fingerprint density at radius 2 is 1.80 bits per heavy atom. The Kier molecular flexibility index (Phi) is 4.90. The molecule has 1 aliphatic heterocycles. The predicted octanol–water partition coefficient (Wildman–Crippen LogP) is 4.28.